The maximum absolute atomic E-state index is 13.1. The van der Waals surface area contributed by atoms with Crippen molar-refractivity contribution in [2.75, 3.05) is 37.6 Å². The number of carbonyl (C=O) groups is 1. The van der Waals surface area contributed by atoms with Crippen molar-refractivity contribution in [1.29, 1.82) is 0 Å². The van der Waals surface area contributed by atoms with Crippen LogP contribution in [0.5, 0.6) is 5.75 Å². The van der Waals surface area contributed by atoms with Crippen molar-refractivity contribution in [3.8, 4) is 17.6 Å². The van der Waals surface area contributed by atoms with Crippen molar-refractivity contribution < 1.29 is 9.90 Å². The number of benzene rings is 2. The highest BCUT2D eigenvalue weighted by Gasteiger charge is 2.50. The number of amides is 1. The third-order valence-corrected chi connectivity index (χ3v) is 10.1. The van der Waals surface area contributed by atoms with Crippen molar-refractivity contribution >= 4 is 11.6 Å². The number of rotatable bonds is 6. The topological polar surface area (TPSA) is 68.7 Å². The van der Waals surface area contributed by atoms with Crippen LogP contribution in [-0.4, -0.2) is 53.6 Å². The van der Waals surface area contributed by atoms with Gasteiger partial charge in [-0.15, -0.1) is 0 Å². The van der Waals surface area contributed by atoms with E-state index in [1.165, 1.54) is 56.0 Å². The highest BCUT2D eigenvalue weighted by atomic mass is 16.3. The van der Waals surface area contributed by atoms with E-state index in [0.29, 0.717) is 11.0 Å². The summed E-state index contributed by atoms with van der Waals surface area (Å²) in [5.74, 6) is 9.31. The van der Waals surface area contributed by atoms with Crippen LogP contribution in [0.1, 0.15) is 65.6 Å². The Morgan fingerprint density at radius 2 is 1.60 bits per heavy atom. The Kier molecular flexibility index (Phi) is 7.38. The lowest BCUT2D eigenvalue weighted by molar-refractivity contribution is -0.0503. The molecule has 0 atom stereocenters. The van der Waals surface area contributed by atoms with Gasteiger partial charge >= 0.3 is 0 Å². The second-order valence-electron chi connectivity index (χ2n) is 13.2. The van der Waals surface area contributed by atoms with Crippen molar-refractivity contribution in [3.63, 3.8) is 0 Å². The van der Waals surface area contributed by atoms with Crippen LogP contribution in [0.2, 0.25) is 0 Å². The summed E-state index contributed by atoms with van der Waals surface area (Å²) in [6.07, 6.45) is 11.3. The Hall–Kier alpha value is -3.82. The van der Waals surface area contributed by atoms with Crippen molar-refractivity contribution in [2.24, 2.45) is 23.2 Å². The molecule has 1 aliphatic heterocycles. The van der Waals surface area contributed by atoms with E-state index in [4.69, 9.17) is 0 Å². The Labute approximate surface area is 249 Å². The van der Waals surface area contributed by atoms with E-state index in [1.54, 1.807) is 12.3 Å². The molecular formula is C36H40N4O2. The van der Waals surface area contributed by atoms with Crippen molar-refractivity contribution in [3.05, 3.63) is 89.2 Å². The fourth-order valence-electron chi connectivity index (χ4n) is 8.52. The minimum absolute atomic E-state index is 0.0733. The molecule has 5 aliphatic rings. The summed E-state index contributed by atoms with van der Waals surface area (Å²) >= 11 is 0. The molecule has 4 bridgehead atoms. The van der Waals surface area contributed by atoms with Crippen molar-refractivity contribution in [2.45, 2.75) is 45.1 Å². The number of aromatic hydroxyl groups is 1. The number of hydrogen-bond acceptors (Lipinski definition) is 5. The zero-order valence-corrected chi connectivity index (χ0v) is 24.3. The Bertz CT molecular complexity index is 1460. The number of hydrogen-bond donors (Lipinski definition) is 2. The van der Waals surface area contributed by atoms with Gasteiger partial charge in [-0.25, -0.2) is 0 Å². The fourth-order valence-corrected chi connectivity index (χ4v) is 8.52. The lowest BCUT2D eigenvalue weighted by Crippen LogP contribution is -2.51. The van der Waals surface area contributed by atoms with E-state index in [-0.39, 0.29) is 11.7 Å². The van der Waals surface area contributed by atoms with Crippen LogP contribution in [-0.2, 0) is 6.54 Å². The van der Waals surface area contributed by atoms with Gasteiger partial charge < -0.3 is 15.3 Å². The molecule has 6 nitrogen and oxygen atoms in total. The van der Waals surface area contributed by atoms with E-state index in [2.05, 4.69) is 62.3 Å². The predicted molar refractivity (Wildman–Crippen MR) is 165 cm³/mol. The molecule has 0 spiro atoms. The second kappa shape index (κ2) is 11.5. The SMILES string of the molecule is O=C(NCC12CC3CC(CC(C3)C1)C2)c1ccc(N2CCN(Cc3ccccc3C#Cc3cncc(O)c3)CC2)cc1. The summed E-state index contributed by atoms with van der Waals surface area (Å²) in [6, 6.07) is 18.1. The maximum atomic E-state index is 13.1. The summed E-state index contributed by atoms with van der Waals surface area (Å²) in [5, 5.41) is 13.0. The van der Waals surface area contributed by atoms with Crippen LogP contribution in [0.25, 0.3) is 0 Å². The quantitative estimate of drug-likeness (QED) is 0.392. The second-order valence-corrected chi connectivity index (χ2v) is 13.2. The number of piperazine rings is 1. The molecule has 2 N–H and O–H groups in total. The summed E-state index contributed by atoms with van der Waals surface area (Å²) in [6.45, 7) is 5.51. The summed E-state index contributed by atoms with van der Waals surface area (Å²) in [4.78, 5) is 22.0. The standard InChI is InChI=1S/C36H40N4O2/c41-34-18-26(22-37-23-34)5-6-30-3-1-2-4-32(30)24-39-11-13-40(14-12-39)33-9-7-31(8-10-33)35(42)38-25-36-19-27-15-28(20-36)17-29(16-27)21-36/h1-4,7-10,18,22-23,27-29,41H,11-17,19-21,24-25H2,(H,38,42). The van der Waals surface area contributed by atoms with Gasteiger partial charge in [0.05, 0.1) is 6.20 Å². The number of aromatic nitrogens is 1. The molecule has 1 aromatic heterocycles. The highest BCUT2D eigenvalue weighted by Crippen LogP contribution is 2.59. The smallest absolute Gasteiger partial charge is 0.251 e. The first-order valence-corrected chi connectivity index (χ1v) is 15.6. The Balaban J connectivity index is 0.917. The number of pyridine rings is 1. The molecule has 5 fully saturated rings. The minimum Gasteiger partial charge on any atom is -0.506 e. The van der Waals surface area contributed by atoms with Gasteiger partial charge in [0, 0.05) is 67.8 Å². The zero-order chi connectivity index (χ0) is 28.5. The minimum atomic E-state index is 0.0733. The molecule has 1 saturated heterocycles. The lowest BCUT2D eigenvalue weighted by Gasteiger charge is -2.56. The highest BCUT2D eigenvalue weighted by molar-refractivity contribution is 5.94. The summed E-state index contributed by atoms with van der Waals surface area (Å²) in [7, 11) is 0. The van der Waals surface area contributed by atoms with Gasteiger partial charge in [0.15, 0.2) is 0 Å². The Morgan fingerprint density at radius 3 is 2.29 bits per heavy atom. The van der Waals surface area contributed by atoms with Gasteiger partial charge in [-0.05, 0) is 104 Å². The number of nitrogens with one attached hydrogen (secondary N) is 1. The molecule has 42 heavy (non-hydrogen) atoms. The van der Waals surface area contributed by atoms with E-state index >= 15 is 0 Å². The molecule has 6 heteroatoms. The molecule has 2 aromatic carbocycles. The largest absolute Gasteiger partial charge is 0.506 e. The molecule has 2 heterocycles. The average molecular weight is 561 g/mol. The first-order valence-electron chi connectivity index (χ1n) is 15.6. The van der Waals surface area contributed by atoms with E-state index < -0.39 is 0 Å². The third-order valence-electron chi connectivity index (χ3n) is 10.1. The number of anilines is 1. The first kappa shape index (κ1) is 27.0. The van der Waals surface area contributed by atoms with Gasteiger partial charge in [-0.2, -0.15) is 0 Å². The molecule has 4 aliphatic carbocycles. The van der Waals surface area contributed by atoms with Gasteiger partial charge in [-0.3, -0.25) is 14.7 Å². The van der Waals surface area contributed by atoms with Crippen LogP contribution in [0.4, 0.5) is 5.69 Å². The predicted octanol–water partition coefficient (Wildman–Crippen LogP) is 5.46. The van der Waals surface area contributed by atoms with Gasteiger partial charge in [-0.1, -0.05) is 30.0 Å². The molecular weight excluding hydrogens is 520 g/mol. The molecule has 3 aromatic rings. The van der Waals surface area contributed by atoms with E-state index in [9.17, 15) is 9.90 Å². The number of nitrogens with zero attached hydrogens (tertiary/aromatic N) is 3. The normalized spacial score (nSPS) is 26.5. The van der Waals surface area contributed by atoms with Crippen LogP contribution >= 0.6 is 0 Å². The summed E-state index contributed by atoms with van der Waals surface area (Å²) < 4.78 is 0. The van der Waals surface area contributed by atoms with Gasteiger partial charge in [0.25, 0.3) is 5.91 Å². The average Bonchev–Trinajstić information content (AvgIpc) is 2.99. The molecule has 1 amide bonds. The Morgan fingerprint density at radius 1 is 0.905 bits per heavy atom. The number of carbonyl (C=O) groups excluding carboxylic acids is 1. The summed E-state index contributed by atoms with van der Waals surface area (Å²) in [5.41, 5.74) is 5.21. The monoisotopic (exact) mass is 560 g/mol. The van der Waals surface area contributed by atoms with Crippen LogP contribution in [0.15, 0.2) is 67.0 Å². The fraction of sp³-hybridized carbons (Fsp3) is 0.444. The zero-order valence-electron chi connectivity index (χ0n) is 24.3. The van der Waals surface area contributed by atoms with Crippen molar-refractivity contribution in [1.82, 2.24) is 15.2 Å². The molecule has 216 valence electrons. The lowest BCUT2D eigenvalue weighted by atomic mass is 9.49. The maximum Gasteiger partial charge on any atom is 0.251 e. The van der Waals surface area contributed by atoms with E-state index in [0.717, 1.165) is 68.1 Å². The van der Waals surface area contributed by atoms with Gasteiger partial charge in [0.1, 0.15) is 5.75 Å². The van der Waals surface area contributed by atoms with Crippen LogP contribution in [0.3, 0.4) is 0 Å². The first-order chi connectivity index (χ1) is 20.5. The van der Waals surface area contributed by atoms with Crippen LogP contribution < -0.4 is 10.2 Å². The molecule has 0 radical (unpaired) electrons. The van der Waals surface area contributed by atoms with Crippen LogP contribution in [0, 0.1) is 35.0 Å². The third kappa shape index (κ3) is 5.89. The van der Waals surface area contributed by atoms with E-state index in [1.807, 2.05) is 18.2 Å². The molecule has 8 rings (SSSR count). The van der Waals surface area contributed by atoms with Gasteiger partial charge in [0.2, 0.25) is 0 Å². The molecule has 4 saturated carbocycles. The molecule has 0 unspecified atom stereocenters.